The Bertz CT molecular complexity index is 717. The highest BCUT2D eigenvalue weighted by Gasteiger charge is 2.44. The Kier molecular flexibility index (Phi) is 8.43. The van der Waals surface area contributed by atoms with Gasteiger partial charge in [0.05, 0.1) is 12.2 Å². The molecule has 0 aromatic carbocycles. The number of carbonyl (C=O) groups is 3. The summed E-state index contributed by atoms with van der Waals surface area (Å²) >= 11 is 0. The number of hydrogen-bond donors (Lipinski definition) is 4. The minimum absolute atomic E-state index is 0.00303. The number of hydrogen-bond acceptors (Lipinski definition) is 7. The van der Waals surface area contributed by atoms with Gasteiger partial charge in [-0.3, -0.25) is 19.7 Å². The molecule has 3 fully saturated rings. The van der Waals surface area contributed by atoms with Gasteiger partial charge in [-0.15, -0.1) is 0 Å². The lowest BCUT2D eigenvalue weighted by molar-refractivity contribution is -0.159. The van der Waals surface area contributed by atoms with E-state index in [4.69, 9.17) is 9.47 Å². The number of nitrogens with one attached hydrogen (secondary N) is 4. The van der Waals surface area contributed by atoms with Gasteiger partial charge < -0.3 is 25.4 Å². The molecule has 3 aliphatic rings. The number of piperidine rings is 2. The number of amides is 3. The maximum atomic E-state index is 12.9. The fourth-order valence-electron chi connectivity index (χ4n) is 4.53. The Morgan fingerprint density at radius 1 is 1.25 bits per heavy atom. The Balaban J connectivity index is 1.51. The van der Waals surface area contributed by atoms with Gasteiger partial charge in [-0.1, -0.05) is 6.58 Å². The van der Waals surface area contributed by atoms with Crippen LogP contribution in [0.5, 0.6) is 0 Å². The molecule has 9 nitrogen and oxygen atoms in total. The van der Waals surface area contributed by atoms with E-state index >= 15 is 0 Å². The lowest BCUT2D eigenvalue weighted by Crippen LogP contribution is -2.57. The highest BCUT2D eigenvalue weighted by molar-refractivity contribution is 6.03. The zero-order valence-electron chi connectivity index (χ0n) is 19.5. The third-order valence-corrected chi connectivity index (χ3v) is 7.21. The average Bonchev–Trinajstić information content (AvgIpc) is 2.76. The van der Waals surface area contributed by atoms with Gasteiger partial charge in [0.15, 0.2) is 0 Å². The molecule has 0 radical (unpaired) electrons. The van der Waals surface area contributed by atoms with E-state index in [1.165, 1.54) is 12.8 Å². The highest BCUT2D eigenvalue weighted by atomic mass is 16.6. The summed E-state index contributed by atoms with van der Waals surface area (Å²) in [6.45, 7) is 10.9. The van der Waals surface area contributed by atoms with E-state index in [2.05, 4.69) is 27.8 Å². The van der Waals surface area contributed by atoms with Crippen molar-refractivity contribution in [3.63, 3.8) is 0 Å². The van der Waals surface area contributed by atoms with Crippen molar-refractivity contribution in [2.75, 3.05) is 26.7 Å². The van der Waals surface area contributed by atoms with Crippen LogP contribution in [0.2, 0.25) is 0 Å². The van der Waals surface area contributed by atoms with Crippen LogP contribution in [0.15, 0.2) is 12.2 Å². The third kappa shape index (κ3) is 5.95. The Hall–Kier alpha value is -1.81. The van der Waals surface area contributed by atoms with Gasteiger partial charge in [0, 0.05) is 25.1 Å². The molecule has 9 heteroatoms. The second-order valence-electron chi connectivity index (χ2n) is 9.45. The van der Waals surface area contributed by atoms with Crippen LogP contribution in [0.25, 0.3) is 0 Å². The maximum absolute atomic E-state index is 12.9. The molecule has 2 aliphatic heterocycles. The van der Waals surface area contributed by atoms with E-state index < -0.39 is 29.6 Å². The molecular weight excluding hydrogens is 412 g/mol. The van der Waals surface area contributed by atoms with Gasteiger partial charge in [0.2, 0.25) is 17.7 Å². The summed E-state index contributed by atoms with van der Waals surface area (Å²) in [6, 6.07) is -0.339. The molecule has 0 aromatic heterocycles. The molecular formula is C23H38N4O5. The van der Waals surface area contributed by atoms with Gasteiger partial charge in [-0.25, -0.2) is 0 Å². The lowest BCUT2D eigenvalue weighted by atomic mass is 9.85. The Labute approximate surface area is 190 Å². The molecule has 32 heavy (non-hydrogen) atoms. The summed E-state index contributed by atoms with van der Waals surface area (Å²) in [5.74, 6) is -0.558. The second kappa shape index (κ2) is 10.9. The first-order valence-electron chi connectivity index (χ1n) is 11.7. The van der Waals surface area contributed by atoms with E-state index in [9.17, 15) is 14.4 Å². The van der Waals surface area contributed by atoms with E-state index in [0.717, 1.165) is 38.4 Å². The number of rotatable bonds is 10. The zero-order valence-corrected chi connectivity index (χ0v) is 19.5. The van der Waals surface area contributed by atoms with Crippen LogP contribution >= 0.6 is 0 Å². The summed E-state index contributed by atoms with van der Waals surface area (Å²) in [6.07, 6.45) is 4.23. The standard InChI is InChI=1S/C23H38N4O5/c1-14(21(29)26-19-5-6-20(28)27-22(19)30)23(3,15(2)31-4)32-18-11-17(12-18)25-13-16-7-9-24-10-8-16/h15-19,24-25H,1,5-13H2,2-4H3,(H,26,29)(H,27,28,30)/t15?,17-,18-,19?,23?. The fraction of sp³-hybridized carbons (Fsp3) is 0.783. The van der Waals surface area contributed by atoms with Crippen LogP contribution in [0.4, 0.5) is 0 Å². The SMILES string of the molecule is C=C(C(=O)NC1CCC(=O)NC1=O)C(C)(O[C@H]1C[C@H](NCC2CCNCC2)C1)C(C)OC. The highest BCUT2D eigenvalue weighted by Crippen LogP contribution is 2.34. The molecule has 0 aromatic rings. The van der Waals surface area contributed by atoms with Crippen LogP contribution < -0.4 is 21.3 Å². The molecule has 1 saturated carbocycles. The zero-order chi connectivity index (χ0) is 23.3. The number of carbonyl (C=O) groups excluding carboxylic acids is 3. The molecule has 3 rings (SSSR count). The molecule has 3 unspecified atom stereocenters. The number of methoxy groups -OCH3 is 1. The van der Waals surface area contributed by atoms with Crippen molar-refractivity contribution >= 4 is 17.7 Å². The van der Waals surface area contributed by atoms with E-state index in [1.54, 1.807) is 7.11 Å². The van der Waals surface area contributed by atoms with Crippen LogP contribution in [-0.2, 0) is 23.9 Å². The number of ether oxygens (including phenoxy) is 2. The van der Waals surface area contributed by atoms with Crippen LogP contribution in [0.3, 0.4) is 0 Å². The minimum Gasteiger partial charge on any atom is -0.378 e. The molecule has 3 atom stereocenters. The van der Waals surface area contributed by atoms with Crippen LogP contribution in [-0.4, -0.2) is 74.4 Å². The van der Waals surface area contributed by atoms with Gasteiger partial charge in [-0.2, -0.15) is 0 Å². The molecule has 0 bridgehead atoms. The topological polar surface area (TPSA) is 118 Å². The average molecular weight is 451 g/mol. The summed E-state index contributed by atoms with van der Waals surface area (Å²) < 4.78 is 11.9. The normalized spacial score (nSPS) is 29.4. The van der Waals surface area contributed by atoms with E-state index in [1.807, 2.05) is 13.8 Å². The molecule has 180 valence electrons. The first-order valence-corrected chi connectivity index (χ1v) is 11.7. The predicted octanol–water partition coefficient (Wildman–Crippen LogP) is 0.394. The smallest absolute Gasteiger partial charge is 0.250 e. The molecule has 2 saturated heterocycles. The van der Waals surface area contributed by atoms with Gasteiger partial charge in [0.25, 0.3) is 0 Å². The molecule has 1 aliphatic carbocycles. The van der Waals surface area contributed by atoms with Crippen LogP contribution in [0.1, 0.15) is 52.4 Å². The van der Waals surface area contributed by atoms with E-state index in [0.29, 0.717) is 6.04 Å². The molecule has 3 amide bonds. The first kappa shape index (κ1) is 24.8. The summed E-state index contributed by atoms with van der Waals surface area (Å²) in [4.78, 5) is 36.3. The predicted molar refractivity (Wildman–Crippen MR) is 120 cm³/mol. The Morgan fingerprint density at radius 2 is 1.94 bits per heavy atom. The van der Waals surface area contributed by atoms with Gasteiger partial charge >= 0.3 is 0 Å². The van der Waals surface area contributed by atoms with Crippen LogP contribution in [0, 0.1) is 5.92 Å². The van der Waals surface area contributed by atoms with Crippen molar-refractivity contribution in [2.24, 2.45) is 5.92 Å². The molecule has 2 heterocycles. The van der Waals surface area contributed by atoms with Crippen molar-refractivity contribution in [1.82, 2.24) is 21.3 Å². The summed E-state index contributed by atoms with van der Waals surface area (Å²) in [5, 5.41) is 12.0. The largest absolute Gasteiger partial charge is 0.378 e. The van der Waals surface area contributed by atoms with Gasteiger partial charge in [0.1, 0.15) is 11.6 Å². The minimum atomic E-state index is -1.04. The quantitative estimate of drug-likeness (QED) is 0.281. The summed E-state index contributed by atoms with van der Waals surface area (Å²) in [7, 11) is 1.57. The monoisotopic (exact) mass is 450 g/mol. The first-order chi connectivity index (χ1) is 15.2. The van der Waals surface area contributed by atoms with Crippen molar-refractivity contribution in [2.45, 2.75) is 82.3 Å². The molecule has 4 N–H and O–H groups in total. The molecule has 0 spiro atoms. The summed E-state index contributed by atoms with van der Waals surface area (Å²) in [5.41, 5.74) is -0.826. The number of imide groups is 1. The fourth-order valence-corrected chi connectivity index (χ4v) is 4.53. The second-order valence-corrected chi connectivity index (χ2v) is 9.45. The lowest BCUT2D eigenvalue weighted by Gasteiger charge is -2.45. The van der Waals surface area contributed by atoms with E-state index in [-0.39, 0.29) is 30.4 Å². The van der Waals surface area contributed by atoms with Crippen molar-refractivity contribution in [1.29, 1.82) is 0 Å². The van der Waals surface area contributed by atoms with Crippen molar-refractivity contribution in [3.8, 4) is 0 Å². The maximum Gasteiger partial charge on any atom is 0.250 e. The third-order valence-electron chi connectivity index (χ3n) is 7.21. The van der Waals surface area contributed by atoms with Crippen molar-refractivity contribution < 1.29 is 23.9 Å². The Morgan fingerprint density at radius 3 is 2.56 bits per heavy atom. The van der Waals surface area contributed by atoms with Gasteiger partial charge in [-0.05, 0) is 71.5 Å². The van der Waals surface area contributed by atoms with Crippen molar-refractivity contribution in [3.05, 3.63) is 12.2 Å².